The quantitative estimate of drug-likeness (QED) is 0.708. The van der Waals surface area contributed by atoms with E-state index in [4.69, 9.17) is 9.84 Å². The largest absolute Gasteiger partial charge is 0.481 e. The van der Waals surface area contributed by atoms with E-state index in [1.807, 2.05) is 0 Å². The fraction of sp³-hybridized carbons (Fsp3) is 0.769. The number of hydrogen-bond donors (Lipinski definition) is 1. The molecule has 0 aromatic rings. The van der Waals surface area contributed by atoms with E-state index in [1.165, 1.54) is 12.0 Å². The molecule has 21 heavy (non-hydrogen) atoms. The van der Waals surface area contributed by atoms with Gasteiger partial charge in [-0.3, -0.25) is 4.79 Å². The average molecular weight is 300 g/mol. The Hall–Kier alpha value is -1.83. The number of rotatable bonds is 2. The fourth-order valence-corrected chi connectivity index (χ4v) is 2.65. The molecule has 2 amide bonds. The fourth-order valence-electron chi connectivity index (χ4n) is 2.65. The molecule has 8 nitrogen and oxygen atoms in total. The number of carboxylic acids is 1. The number of piperidine rings is 1. The minimum Gasteiger partial charge on any atom is -0.481 e. The predicted molar refractivity (Wildman–Crippen MR) is 70.7 cm³/mol. The van der Waals surface area contributed by atoms with Crippen molar-refractivity contribution in [3.05, 3.63) is 0 Å². The Morgan fingerprint density at radius 1 is 1.19 bits per heavy atom. The first-order valence-corrected chi connectivity index (χ1v) is 6.99. The number of amides is 2. The molecule has 0 radical (unpaired) electrons. The van der Waals surface area contributed by atoms with Crippen LogP contribution in [0.2, 0.25) is 0 Å². The van der Waals surface area contributed by atoms with Gasteiger partial charge in [-0.05, 0) is 12.8 Å². The van der Waals surface area contributed by atoms with Crippen LogP contribution in [0.3, 0.4) is 0 Å². The van der Waals surface area contributed by atoms with Gasteiger partial charge >= 0.3 is 18.0 Å². The zero-order chi connectivity index (χ0) is 15.4. The summed E-state index contributed by atoms with van der Waals surface area (Å²) in [5.41, 5.74) is 0. The van der Waals surface area contributed by atoms with Gasteiger partial charge in [0.1, 0.15) is 0 Å². The minimum atomic E-state index is -0.873. The second-order valence-electron chi connectivity index (χ2n) is 5.23. The van der Waals surface area contributed by atoms with Crippen molar-refractivity contribution in [2.75, 3.05) is 39.9 Å². The van der Waals surface area contributed by atoms with Gasteiger partial charge in [0.05, 0.1) is 26.2 Å². The maximum atomic E-state index is 12.4. The van der Waals surface area contributed by atoms with Gasteiger partial charge in [0.15, 0.2) is 6.10 Å². The van der Waals surface area contributed by atoms with Gasteiger partial charge in [0.2, 0.25) is 0 Å². The Morgan fingerprint density at radius 2 is 1.90 bits per heavy atom. The third kappa shape index (κ3) is 3.63. The average Bonchev–Trinajstić information content (AvgIpc) is 2.53. The smallest absolute Gasteiger partial charge is 0.336 e. The van der Waals surface area contributed by atoms with E-state index in [2.05, 4.69) is 4.74 Å². The summed E-state index contributed by atoms with van der Waals surface area (Å²) in [7, 11) is 1.27. The number of esters is 1. The van der Waals surface area contributed by atoms with E-state index in [0.717, 1.165) is 0 Å². The molecule has 118 valence electrons. The number of hydrogen-bond acceptors (Lipinski definition) is 5. The zero-order valence-corrected chi connectivity index (χ0v) is 12.0. The Balaban J connectivity index is 1.95. The first kappa shape index (κ1) is 15.6. The number of morpholine rings is 1. The lowest BCUT2D eigenvalue weighted by molar-refractivity contribution is -0.158. The van der Waals surface area contributed by atoms with Crippen LogP contribution in [-0.2, 0) is 19.1 Å². The summed E-state index contributed by atoms with van der Waals surface area (Å²) in [4.78, 5) is 38.0. The molecule has 0 aliphatic carbocycles. The lowest BCUT2D eigenvalue weighted by Gasteiger charge is -2.38. The zero-order valence-electron chi connectivity index (χ0n) is 12.0. The molecule has 2 fully saturated rings. The van der Waals surface area contributed by atoms with Gasteiger partial charge in [-0.15, -0.1) is 0 Å². The maximum Gasteiger partial charge on any atom is 0.336 e. The Kier molecular flexibility index (Phi) is 5.00. The number of nitrogens with zero attached hydrogens (tertiary/aromatic N) is 2. The van der Waals surface area contributed by atoms with Crippen LogP contribution in [0.5, 0.6) is 0 Å². The maximum absolute atomic E-state index is 12.4. The molecule has 2 aliphatic rings. The van der Waals surface area contributed by atoms with E-state index >= 15 is 0 Å². The van der Waals surface area contributed by atoms with E-state index in [1.54, 1.807) is 4.90 Å². The highest BCUT2D eigenvalue weighted by Gasteiger charge is 2.34. The number of carbonyl (C=O) groups is 3. The van der Waals surface area contributed by atoms with E-state index < -0.39 is 24.0 Å². The van der Waals surface area contributed by atoms with Crippen LogP contribution in [0.4, 0.5) is 4.79 Å². The molecule has 0 bridgehead atoms. The molecule has 0 saturated carbocycles. The van der Waals surface area contributed by atoms with Crippen LogP contribution in [0.25, 0.3) is 0 Å². The molecule has 0 spiro atoms. The van der Waals surface area contributed by atoms with Crippen LogP contribution < -0.4 is 0 Å². The van der Waals surface area contributed by atoms with Gasteiger partial charge in [-0.25, -0.2) is 9.59 Å². The second kappa shape index (κ2) is 6.75. The molecule has 8 heteroatoms. The van der Waals surface area contributed by atoms with Crippen LogP contribution in [-0.4, -0.2) is 78.9 Å². The lowest BCUT2D eigenvalue weighted by atomic mass is 9.98. The van der Waals surface area contributed by atoms with Gasteiger partial charge in [0.25, 0.3) is 0 Å². The van der Waals surface area contributed by atoms with Crippen molar-refractivity contribution in [3.8, 4) is 0 Å². The Bertz CT molecular complexity index is 427. The van der Waals surface area contributed by atoms with Crippen molar-refractivity contribution >= 4 is 18.0 Å². The lowest BCUT2D eigenvalue weighted by Crippen LogP contribution is -2.55. The Labute approximate surface area is 122 Å². The number of ether oxygens (including phenoxy) is 2. The van der Waals surface area contributed by atoms with Gasteiger partial charge in [-0.2, -0.15) is 0 Å². The van der Waals surface area contributed by atoms with Crippen molar-refractivity contribution in [2.45, 2.75) is 18.9 Å². The molecule has 2 heterocycles. The predicted octanol–water partition coefficient (Wildman–Crippen LogP) is -0.223. The number of methoxy groups -OCH3 is 1. The summed E-state index contributed by atoms with van der Waals surface area (Å²) >= 11 is 0. The molecule has 0 aromatic carbocycles. The van der Waals surface area contributed by atoms with Crippen LogP contribution >= 0.6 is 0 Å². The first-order chi connectivity index (χ1) is 10.0. The summed E-state index contributed by atoms with van der Waals surface area (Å²) < 4.78 is 9.90. The van der Waals surface area contributed by atoms with Crippen LogP contribution in [0, 0.1) is 5.92 Å². The number of carbonyl (C=O) groups excluding carboxylic acids is 2. The highest BCUT2D eigenvalue weighted by atomic mass is 16.6. The van der Waals surface area contributed by atoms with Crippen molar-refractivity contribution in [1.29, 1.82) is 0 Å². The van der Waals surface area contributed by atoms with Crippen LogP contribution in [0.15, 0.2) is 0 Å². The molecule has 2 unspecified atom stereocenters. The molecular weight excluding hydrogens is 280 g/mol. The molecule has 2 saturated heterocycles. The topological polar surface area (TPSA) is 96.4 Å². The summed E-state index contributed by atoms with van der Waals surface area (Å²) in [6, 6.07) is -0.238. The minimum absolute atomic E-state index is 0.139. The Morgan fingerprint density at radius 3 is 2.57 bits per heavy atom. The molecule has 2 aliphatic heterocycles. The number of likely N-dealkylation sites (tertiary alicyclic amines) is 1. The molecule has 2 rings (SSSR count). The number of urea groups is 1. The van der Waals surface area contributed by atoms with E-state index in [0.29, 0.717) is 25.9 Å². The highest BCUT2D eigenvalue weighted by Crippen LogP contribution is 2.19. The summed E-state index contributed by atoms with van der Waals surface area (Å²) in [6.45, 7) is 1.55. The summed E-state index contributed by atoms with van der Waals surface area (Å²) in [5.74, 6) is -1.89. The van der Waals surface area contributed by atoms with E-state index in [9.17, 15) is 14.4 Å². The SMILES string of the molecule is COC(=O)C1CN(C(=O)N2CCCC(C(=O)O)C2)CCO1. The number of carboxylic acid groups (broad SMARTS) is 1. The van der Waals surface area contributed by atoms with Crippen molar-refractivity contribution in [3.63, 3.8) is 0 Å². The molecule has 0 aromatic heterocycles. The van der Waals surface area contributed by atoms with Crippen molar-refractivity contribution in [1.82, 2.24) is 9.80 Å². The van der Waals surface area contributed by atoms with Gasteiger partial charge in [0, 0.05) is 19.6 Å². The third-order valence-electron chi connectivity index (χ3n) is 3.84. The molecule has 1 N–H and O–H groups in total. The highest BCUT2D eigenvalue weighted by molar-refractivity contribution is 5.79. The van der Waals surface area contributed by atoms with E-state index in [-0.39, 0.29) is 25.7 Å². The number of aliphatic carboxylic acids is 1. The second-order valence-corrected chi connectivity index (χ2v) is 5.23. The van der Waals surface area contributed by atoms with Gasteiger partial charge in [-0.1, -0.05) is 0 Å². The summed E-state index contributed by atoms with van der Waals surface area (Å²) in [6.07, 6.45) is 0.494. The standard InChI is InChI=1S/C13H20N2O6/c1-20-12(18)10-8-15(5-6-21-10)13(19)14-4-2-3-9(7-14)11(16)17/h9-10H,2-8H2,1H3,(H,16,17). The monoisotopic (exact) mass is 300 g/mol. The first-order valence-electron chi connectivity index (χ1n) is 6.99. The van der Waals surface area contributed by atoms with Crippen LogP contribution in [0.1, 0.15) is 12.8 Å². The van der Waals surface area contributed by atoms with Gasteiger partial charge < -0.3 is 24.4 Å². The molecule has 2 atom stereocenters. The normalized spacial score (nSPS) is 26.3. The summed E-state index contributed by atoms with van der Waals surface area (Å²) in [5, 5.41) is 9.06. The van der Waals surface area contributed by atoms with Crippen molar-refractivity contribution in [2.24, 2.45) is 5.92 Å². The molecular formula is C13H20N2O6. The third-order valence-corrected chi connectivity index (χ3v) is 3.84. The van der Waals surface area contributed by atoms with Crippen molar-refractivity contribution < 1.29 is 29.0 Å².